The molecule has 1 aromatic heterocycles. The first kappa shape index (κ1) is 12.2. The first-order valence-corrected chi connectivity index (χ1v) is 8.73. The molecule has 1 saturated heterocycles. The fraction of sp³-hybridized carbons (Fsp3) is 0.625. The highest BCUT2D eigenvalue weighted by Crippen LogP contribution is 2.33. The highest BCUT2D eigenvalue weighted by molar-refractivity contribution is 8.76. The monoisotopic (exact) mass is 300 g/mol. The average Bonchev–Trinajstić information content (AvgIpc) is 2.48. The van der Waals surface area contributed by atoms with Gasteiger partial charge in [0.05, 0.1) is 10.8 Å². The highest BCUT2D eigenvalue weighted by atomic mass is 35.5. The second kappa shape index (κ2) is 5.87. The molecular formula is C8H10Cl2N2S3. The van der Waals surface area contributed by atoms with Crippen molar-refractivity contribution < 1.29 is 0 Å². The largest absolute Gasteiger partial charge is 0.346 e. The molecular weight excluding hydrogens is 291 g/mol. The number of nitrogens with zero attached hydrogens (tertiary/aromatic N) is 2. The van der Waals surface area contributed by atoms with E-state index in [0.29, 0.717) is 11.0 Å². The summed E-state index contributed by atoms with van der Waals surface area (Å²) in [7, 11) is 3.85. The number of halogens is 2. The highest BCUT2D eigenvalue weighted by Gasteiger charge is 2.16. The SMILES string of the molecule is ClCc1sc(N2CCSSCC2)nc1Cl. The Morgan fingerprint density at radius 2 is 1.93 bits per heavy atom. The third-order valence-corrected chi connectivity index (χ3v) is 6.33. The molecule has 0 aliphatic carbocycles. The molecule has 2 heterocycles. The third-order valence-electron chi connectivity index (χ3n) is 2.00. The van der Waals surface area contributed by atoms with Crippen LogP contribution in [0, 0.1) is 0 Å². The van der Waals surface area contributed by atoms with Crippen molar-refractivity contribution in [1.29, 1.82) is 0 Å². The minimum Gasteiger partial charge on any atom is -0.346 e. The van der Waals surface area contributed by atoms with E-state index in [1.807, 2.05) is 21.6 Å². The maximum Gasteiger partial charge on any atom is 0.187 e. The Morgan fingerprint density at radius 1 is 1.27 bits per heavy atom. The summed E-state index contributed by atoms with van der Waals surface area (Å²) in [6.45, 7) is 2.09. The Labute approximate surface area is 111 Å². The van der Waals surface area contributed by atoms with Gasteiger partial charge in [-0.15, -0.1) is 11.6 Å². The Bertz CT molecular complexity index is 324. The van der Waals surface area contributed by atoms with Crippen LogP contribution in [-0.2, 0) is 5.88 Å². The van der Waals surface area contributed by atoms with Crippen molar-refractivity contribution >= 4 is 61.3 Å². The molecule has 0 radical (unpaired) electrons. The summed E-state index contributed by atoms with van der Waals surface area (Å²) in [5.74, 6) is 2.73. The molecule has 1 aliphatic rings. The quantitative estimate of drug-likeness (QED) is 0.611. The Hall–Kier alpha value is 0.710. The van der Waals surface area contributed by atoms with Crippen molar-refractivity contribution in [3.05, 3.63) is 10.0 Å². The van der Waals surface area contributed by atoms with Crippen LogP contribution in [0.4, 0.5) is 5.13 Å². The normalized spacial score (nSPS) is 17.9. The molecule has 1 aliphatic heterocycles. The van der Waals surface area contributed by atoms with Crippen molar-refractivity contribution in [1.82, 2.24) is 4.98 Å². The summed E-state index contributed by atoms with van der Waals surface area (Å²) in [4.78, 5) is 7.62. The van der Waals surface area contributed by atoms with E-state index < -0.39 is 0 Å². The molecule has 1 fully saturated rings. The van der Waals surface area contributed by atoms with E-state index in [1.165, 1.54) is 0 Å². The second-order valence-corrected chi connectivity index (χ2v) is 7.36. The van der Waals surface area contributed by atoms with Gasteiger partial charge in [0.15, 0.2) is 5.13 Å². The Kier molecular flexibility index (Phi) is 4.76. The van der Waals surface area contributed by atoms with Crippen LogP contribution in [0.1, 0.15) is 4.88 Å². The zero-order chi connectivity index (χ0) is 10.7. The van der Waals surface area contributed by atoms with Crippen LogP contribution in [0.3, 0.4) is 0 Å². The van der Waals surface area contributed by atoms with Crippen molar-refractivity contribution in [2.24, 2.45) is 0 Å². The molecule has 2 rings (SSSR count). The maximum atomic E-state index is 5.98. The van der Waals surface area contributed by atoms with E-state index in [9.17, 15) is 0 Å². The topological polar surface area (TPSA) is 16.1 Å². The van der Waals surface area contributed by atoms with Gasteiger partial charge in [0.1, 0.15) is 5.15 Å². The van der Waals surface area contributed by atoms with Crippen LogP contribution < -0.4 is 4.90 Å². The predicted octanol–water partition coefficient (Wildman–Crippen LogP) is 3.74. The van der Waals surface area contributed by atoms with E-state index in [1.54, 1.807) is 11.3 Å². The van der Waals surface area contributed by atoms with E-state index in [4.69, 9.17) is 23.2 Å². The van der Waals surface area contributed by atoms with Crippen LogP contribution in [-0.4, -0.2) is 29.6 Å². The van der Waals surface area contributed by atoms with Crippen LogP contribution in [0.2, 0.25) is 5.15 Å². The molecule has 0 unspecified atom stereocenters. The third kappa shape index (κ3) is 3.09. The van der Waals surface area contributed by atoms with Crippen LogP contribution in [0.25, 0.3) is 0 Å². The lowest BCUT2D eigenvalue weighted by Crippen LogP contribution is -2.26. The molecule has 2 nitrogen and oxygen atoms in total. The van der Waals surface area contributed by atoms with Crippen molar-refractivity contribution in [2.45, 2.75) is 5.88 Å². The first-order chi connectivity index (χ1) is 7.31. The average molecular weight is 301 g/mol. The van der Waals surface area contributed by atoms with E-state index in [0.717, 1.165) is 34.6 Å². The van der Waals surface area contributed by atoms with Gasteiger partial charge in [0, 0.05) is 24.6 Å². The molecule has 0 aromatic carbocycles. The lowest BCUT2D eigenvalue weighted by molar-refractivity contribution is 0.877. The van der Waals surface area contributed by atoms with E-state index in [2.05, 4.69) is 9.88 Å². The lowest BCUT2D eigenvalue weighted by Gasteiger charge is -2.17. The fourth-order valence-electron chi connectivity index (χ4n) is 1.25. The van der Waals surface area contributed by atoms with Gasteiger partial charge in [-0.2, -0.15) is 0 Å². The molecule has 0 bridgehead atoms. The molecule has 7 heteroatoms. The summed E-state index contributed by atoms with van der Waals surface area (Å²) < 4.78 is 0. The summed E-state index contributed by atoms with van der Waals surface area (Å²) in [5.41, 5.74) is 0. The molecule has 0 spiro atoms. The zero-order valence-electron chi connectivity index (χ0n) is 7.91. The predicted molar refractivity (Wildman–Crippen MR) is 73.8 cm³/mol. The van der Waals surface area contributed by atoms with Crippen molar-refractivity contribution in [3.63, 3.8) is 0 Å². The van der Waals surface area contributed by atoms with Crippen molar-refractivity contribution in [3.8, 4) is 0 Å². The second-order valence-electron chi connectivity index (χ2n) is 2.98. The van der Waals surface area contributed by atoms with Gasteiger partial charge in [0.2, 0.25) is 0 Å². The fourth-order valence-corrected chi connectivity index (χ4v) is 4.76. The van der Waals surface area contributed by atoms with E-state index in [-0.39, 0.29) is 0 Å². The number of alkyl halides is 1. The number of rotatable bonds is 2. The number of aromatic nitrogens is 1. The smallest absolute Gasteiger partial charge is 0.187 e. The molecule has 0 atom stereocenters. The van der Waals surface area contributed by atoms with E-state index >= 15 is 0 Å². The van der Waals surface area contributed by atoms with Gasteiger partial charge in [0.25, 0.3) is 0 Å². The van der Waals surface area contributed by atoms with Gasteiger partial charge in [-0.05, 0) is 0 Å². The molecule has 0 amide bonds. The Morgan fingerprint density at radius 3 is 2.47 bits per heavy atom. The van der Waals surface area contributed by atoms with Gasteiger partial charge < -0.3 is 4.90 Å². The van der Waals surface area contributed by atoms with Crippen molar-refractivity contribution in [2.75, 3.05) is 29.5 Å². The van der Waals surface area contributed by atoms with Gasteiger partial charge in [-0.25, -0.2) is 4.98 Å². The summed E-state index contributed by atoms with van der Waals surface area (Å²) in [6, 6.07) is 0. The summed E-state index contributed by atoms with van der Waals surface area (Å²) >= 11 is 13.4. The van der Waals surface area contributed by atoms with Crippen LogP contribution >= 0.6 is 56.1 Å². The Balaban J connectivity index is 2.12. The number of hydrogen-bond acceptors (Lipinski definition) is 5. The summed E-state index contributed by atoms with van der Waals surface area (Å²) in [5, 5.41) is 1.58. The number of hydrogen-bond donors (Lipinski definition) is 0. The van der Waals surface area contributed by atoms with Gasteiger partial charge in [-0.1, -0.05) is 44.5 Å². The minimum absolute atomic E-state index is 0.452. The molecule has 84 valence electrons. The molecule has 0 saturated carbocycles. The number of anilines is 1. The summed E-state index contributed by atoms with van der Waals surface area (Å²) in [6.07, 6.45) is 0. The lowest BCUT2D eigenvalue weighted by atomic mass is 10.5. The molecule has 0 N–H and O–H groups in total. The minimum atomic E-state index is 0.452. The van der Waals surface area contributed by atoms with Crippen LogP contribution in [0.15, 0.2) is 0 Å². The maximum absolute atomic E-state index is 5.98. The van der Waals surface area contributed by atoms with Crippen LogP contribution in [0.5, 0.6) is 0 Å². The molecule has 1 aromatic rings. The standard InChI is InChI=1S/C8H10Cl2N2S3/c9-5-6-7(10)11-8(15-6)12-1-3-13-14-4-2-12/h1-5H2. The van der Waals surface area contributed by atoms with Gasteiger partial charge in [-0.3, -0.25) is 0 Å². The molecule has 15 heavy (non-hydrogen) atoms. The van der Waals surface area contributed by atoms with Gasteiger partial charge >= 0.3 is 0 Å². The zero-order valence-corrected chi connectivity index (χ0v) is 11.9. The first-order valence-electron chi connectivity index (χ1n) is 4.52. The number of thiazole rings is 1.